The molecule has 25 heavy (non-hydrogen) atoms. The lowest BCUT2D eigenvalue weighted by Gasteiger charge is -2.06. The van der Waals surface area contributed by atoms with E-state index in [1.807, 2.05) is 6.08 Å². The molecule has 0 heterocycles. The molecule has 1 aromatic rings. The van der Waals surface area contributed by atoms with Gasteiger partial charge in [0.25, 0.3) is 0 Å². The third-order valence-electron chi connectivity index (χ3n) is 3.70. The van der Waals surface area contributed by atoms with Crippen LogP contribution < -0.4 is 10.0 Å². The van der Waals surface area contributed by atoms with Crippen LogP contribution >= 0.6 is 0 Å². The van der Waals surface area contributed by atoms with Gasteiger partial charge < -0.3 is 5.32 Å². The molecule has 0 fully saturated rings. The number of allylic oxidation sites excluding steroid dienone is 1. The molecule has 1 rings (SSSR count). The number of anilines is 2. The minimum Gasteiger partial charge on any atom is -0.323 e. The van der Waals surface area contributed by atoms with E-state index in [4.69, 9.17) is 0 Å². The fourth-order valence-corrected chi connectivity index (χ4v) is 2.99. The second kappa shape index (κ2) is 11.7. The number of amides is 1. The molecule has 140 valence electrons. The second-order valence-corrected chi connectivity index (χ2v) is 8.00. The van der Waals surface area contributed by atoms with Crippen molar-refractivity contribution in [2.45, 2.75) is 58.3 Å². The zero-order valence-electron chi connectivity index (χ0n) is 15.3. The first-order chi connectivity index (χ1) is 11.9. The van der Waals surface area contributed by atoms with E-state index in [1.54, 1.807) is 30.3 Å². The summed E-state index contributed by atoms with van der Waals surface area (Å²) in [5.74, 6) is -0.174. The van der Waals surface area contributed by atoms with E-state index in [-0.39, 0.29) is 5.91 Å². The number of hydrogen-bond acceptors (Lipinski definition) is 3. The van der Waals surface area contributed by atoms with Crippen LogP contribution in [0.2, 0.25) is 0 Å². The quantitative estimate of drug-likeness (QED) is 0.416. The maximum atomic E-state index is 11.8. The number of unbranched alkanes of at least 4 members (excludes halogenated alkanes) is 7. The van der Waals surface area contributed by atoms with Crippen LogP contribution in [0, 0.1) is 0 Å². The predicted molar refractivity (Wildman–Crippen MR) is 105 cm³/mol. The van der Waals surface area contributed by atoms with E-state index in [1.165, 1.54) is 38.5 Å². The molecule has 0 radical (unpaired) electrons. The summed E-state index contributed by atoms with van der Waals surface area (Å²) in [6.07, 6.45) is 14.3. The summed E-state index contributed by atoms with van der Waals surface area (Å²) in [5, 5.41) is 2.75. The van der Waals surface area contributed by atoms with Crippen molar-refractivity contribution < 1.29 is 13.2 Å². The predicted octanol–water partition coefficient (Wildman–Crippen LogP) is 4.69. The van der Waals surface area contributed by atoms with Crippen molar-refractivity contribution in [3.8, 4) is 0 Å². The number of carbonyl (C=O) groups excluding carboxylic acids is 1. The first-order valence-corrected chi connectivity index (χ1v) is 10.8. The van der Waals surface area contributed by atoms with E-state index in [9.17, 15) is 13.2 Å². The van der Waals surface area contributed by atoms with Crippen molar-refractivity contribution in [2.75, 3.05) is 16.3 Å². The molecule has 0 aliphatic carbocycles. The summed E-state index contributed by atoms with van der Waals surface area (Å²) in [5.41, 5.74) is 1.10. The molecule has 6 heteroatoms. The Morgan fingerprint density at radius 1 is 0.960 bits per heavy atom. The lowest BCUT2D eigenvalue weighted by molar-refractivity contribution is -0.111. The molecule has 0 unspecified atom stereocenters. The lowest BCUT2D eigenvalue weighted by atomic mass is 10.1. The fourth-order valence-electron chi connectivity index (χ4n) is 2.43. The maximum absolute atomic E-state index is 11.8. The molecular weight excluding hydrogens is 336 g/mol. The molecule has 0 spiro atoms. The van der Waals surface area contributed by atoms with Crippen LogP contribution in [0.5, 0.6) is 0 Å². The van der Waals surface area contributed by atoms with Crippen molar-refractivity contribution in [2.24, 2.45) is 0 Å². The van der Waals surface area contributed by atoms with Gasteiger partial charge in [0, 0.05) is 11.4 Å². The Labute approximate surface area is 152 Å². The maximum Gasteiger partial charge on any atom is 0.248 e. The molecule has 0 aliphatic heterocycles. The Morgan fingerprint density at radius 3 is 2.12 bits per heavy atom. The van der Waals surface area contributed by atoms with Crippen molar-refractivity contribution in [3.63, 3.8) is 0 Å². The molecular formula is C19H30N2O3S. The highest BCUT2D eigenvalue weighted by Gasteiger charge is 2.02. The minimum atomic E-state index is -3.29. The second-order valence-electron chi connectivity index (χ2n) is 6.25. The highest BCUT2D eigenvalue weighted by Crippen LogP contribution is 2.14. The first-order valence-electron chi connectivity index (χ1n) is 8.96. The molecule has 0 bridgehead atoms. The smallest absolute Gasteiger partial charge is 0.248 e. The molecule has 2 N–H and O–H groups in total. The van der Waals surface area contributed by atoms with Crippen LogP contribution in [0.15, 0.2) is 36.4 Å². The van der Waals surface area contributed by atoms with E-state index < -0.39 is 10.0 Å². The van der Waals surface area contributed by atoms with Crippen LogP contribution in [0.25, 0.3) is 0 Å². The van der Waals surface area contributed by atoms with Gasteiger partial charge in [-0.2, -0.15) is 0 Å². The first kappa shape index (κ1) is 21.2. The van der Waals surface area contributed by atoms with Gasteiger partial charge in [0.15, 0.2) is 0 Å². The van der Waals surface area contributed by atoms with Crippen molar-refractivity contribution in [1.29, 1.82) is 0 Å². The molecule has 0 aromatic heterocycles. The summed E-state index contributed by atoms with van der Waals surface area (Å²) in [7, 11) is -3.29. The minimum absolute atomic E-state index is 0.174. The molecule has 5 nitrogen and oxygen atoms in total. The Balaban J connectivity index is 2.23. The van der Waals surface area contributed by atoms with Gasteiger partial charge in [-0.1, -0.05) is 51.5 Å². The number of benzene rings is 1. The van der Waals surface area contributed by atoms with E-state index in [0.29, 0.717) is 11.4 Å². The summed E-state index contributed by atoms with van der Waals surface area (Å²) in [4.78, 5) is 11.8. The topological polar surface area (TPSA) is 75.3 Å². The average Bonchev–Trinajstić information content (AvgIpc) is 2.54. The number of rotatable bonds is 12. The monoisotopic (exact) mass is 366 g/mol. The molecule has 1 aromatic carbocycles. The van der Waals surface area contributed by atoms with Gasteiger partial charge in [-0.05, 0) is 43.2 Å². The summed E-state index contributed by atoms with van der Waals surface area (Å²) in [6.45, 7) is 2.22. The van der Waals surface area contributed by atoms with E-state index >= 15 is 0 Å². The van der Waals surface area contributed by atoms with E-state index in [2.05, 4.69) is 17.0 Å². The van der Waals surface area contributed by atoms with Gasteiger partial charge in [0.1, 0.15) is 0 Å². The SMILES string of the molecule is CCCCCCCCCC=CC(=O)Nc1ccc(NS(C)(=O)=O)cc1. The Morgan fingerprint density at radius 2 is 1.52 bits per heavy atom. The van der Waals surface area contributed by atoms with Crippen LogP contribution in [-0.2, 0) is 14.8 Å². The Bertz CT molecular complexity index is 637. The highest BCUT2D eigenvalue weighted by molar-refractivity contribution is 7.92. The van der Waals surface area contributed by atoms with Crippen molar-refractivity contribution in [3.05, 3.63) is 36.4 Å². The summed E-state index contributed by atoms with van der Waals surface area (Å²) >= 11 is 0. The van der Waals surface area contributed by atoms with Gasteiger partial charge >= 0.3 is 0 Å². The average molecular weight is 367 g/mol. The largest absolute Gasteiger partial charge is 0.323 e. The number of carbonyl (C=O) groups is 1. The third-order valence-corrected chi connectivity index (χ3v) is 4.31. The Hall–Kier alpha value is -1.82. The molecule has 0 saturated heterocycles. The zero-order chi connectivity index (χ0) is 18.5. The van der Waals surface area contributed by atoms with Crippen LogP contribution in [-0.4, -0.2) is 20.6 Å². The standard InChI is InChI=1S/C19H30N2O3S/c1-3-4-5-6-7-8-9-10-11-12-19(22)20-17-13-15-18(16-14-17)21-25(2,23)24/h11-16,21H,3-10H2,1-2H3,(H,20,22). The van der Waals surface area contributed by atoms with Gasteiger partial charge in [0.2, 0.25) is 15.9 Å². The number of hydrogen-bond donors (Lipinski definition) is 2. The number of nitrogens with one attached hydrogen (secondary N) is 2. The van der Waals surface area contributed by atoms with Crippen LogP contribution in [0.3, 0.4) is 0 Å². The summed E-state index contributed by atoms with van der Waals surface area (Å²) < 4.78 is 24.6. The fraction of sp³-hybridized carbons (Fsp3) is 0.526. The zero-order valence-corrected chi connectivity index (χ0v) is 16.1. The van der Waals surface area contributed by atoms with E-state index in [0.717, 1.165) is 19.1 Å². The van der Waals surface area contributed by atoms with Crippen molar-refractivity contribution >= 4 is 27.3 Å². The summed E-state index contributed by atoms with van der Waals surface area (Å²) in [6, 6.07) is 6.54. The van der Waals surface area contributed by atoms with Crippen molar-refractivity contribution in [1.82, 2.24) is 0 Å². The third kappa shape index (κ3) is 11.4. The van der Waals surface area contributed by atoms with Gasteiger partial charge in [-0.25, -0.2) is 8.42 Å². The number of sulfonamides is 1. The van der Waals surface area contributed by atoms with Gasteiger partial charge in [0.05, 0.1) is 6.26 Å². The van der Waals surface area contributed by atoms with Crippen LogP contribution in [0.1, 0.15) is 58.3 Å². The van der Waals surface area contributed by atoms with Crippen LogP contribution in [0.4, 0.5) is 11.4 Å². The van der Waals surface area contributed by atoms with Gasteiger partial charge in [-0.15, -0.1) is 0 Å². The Kier molecular flexibility index (Phi) is 9.92. The molecule has 0 aliphatic rings. The molecule has 0 saturated carbocycles. The lowest BCUT2D eigenvalue weighted by Crippen LogP contribution is -2.10. The van der Waals surface area contributed by atoms with Gasteiger partial charge in [-0.3, -0.25) is 9.52 Å². The normalized spacial score (nSPS) is 11.6. The molecule has 0 atom stereocenters. The highest BCUT2D eigenvalue weighted by atomic mass is 32.2. The molecule has 1 amide bonds.